The number of aromatic carboxylic acids is 1. The second kappa shape index (κ2) is 5.03. The van der Waals surface area contributed by atoms with Gasteiger partial charge in [-0.25, -0.2) is 9.78 Å². The van der Waals surface area contributed by atoms with Crippen LogP contribution in [0, 0.1) is 6.92 Å². The van der Waals surface area contributed by atoms with E-state index >= 15 is 0 Å². The Bertz CT molecular complexity index is 705. The van der Waals surface area contributed by atoms with Crippen molar-refractivity contribution >= 4 is 29.2 Å². The van der Waals surface area contributed by atoms with Gasteiger partial charge in [-0.3, -0.25) is 4.79 Å². The molecule has 0 unspecified atom stereocenters. The maximum absolute atomic E-state index is 11.7. The number of hydrogen-bond acceptors (Lipinski definition) is 3. The van der Waals surface area contributed by atoms with Gasteiger partial charge in [-0.1, -0.05) is 29.3 Å². The van der Waals surface area contributed by atoms with Gasteiger partial charge in [0.1, 0.15) is 11.4 Å². The molecular weight excluding hydrogens is 291 g/mol. The van der Waals surface area contributed by atoms with Gasteiger partial charge in [0.25, 0.3) is 5.56 Å². The SMILES string of the molecule is Cc1nc(-c2c(Cl)cccc2Cl)[nH]c(=O)c1C(=O)O. The Labute approximate surface area is 117 Å². The molecule has 2 N–H and O–H groups in total. The molecule has 1 aromatic heterocycles. The first-order valence-corrected chi connectivity index (χ1v) is 5.96. The molecule has 5 nitrogen and oxygen atoms in total. The molecule has 0 aliphatic heterocycles. The van der Waals surface area contributed by atoms with Crippen molar-refractivity contribution in [2.75, 3.05) is 0 Å². The minimum atomic E-state index is -1.33. The highest BCUT2D eigenvalue weighted by Gasteiger charge is 2.18. The van der Waals surface area contributed by atoms with Gasteiger partial charge < -0.3 is 10.1 Å². The van der Waals surface area contributed by atoms with Crippen LogP contribution in [0.1, 0.15) is 16.1 Å². The summed E-state index contributed by atoms with van der Waals surface area (Å²) in [4.78, 5) is 29.1. The van der Waals surface area contributed by atoms with E-state index in [2.05, 4.69) is 9.97 Å². The van der Waals surface area contributed by atoms with Gasteiger partial charge in [0.05, 0.1) is 21.3 Å². The molecule has 1 heterocycles. The minimum Gasteiger partial charge on any atom is -0.477 e. The van der Waals surface area contributed by atoms with Gasteiger partial charge in [0.15, 0.2) is 0 Å². The molecule has 2 rings (SSSR count). The van der Waals surface area contributed by atoms with Crippen molar-refractivity contribution < 1.29 is 9.90 Å². The number of rotatable bonds is 2. The average molecular weight is 299 g/mol. The van der Waals surface area contributed by atoms with Crippen molar-refractivity contribution in [3.05, 3.63) is 49.9 Å². The Hall–Kier alpha value is -1.85. The van der Waals surface area contributed by atoms with Crippen molar-refractivity contribution in [3.8, 4) is 11.4 Å². The van der Waals surface area contributed by atoms with E-state index in [1.807, 2.05) is 0 Å². The van der Waals surface area contributed by atoms with Gasteiger partial charge in [-0.15, -0.1) is 0 Å². The Balaban J connectivity index is 2.73. The van der Waals surface area contributed by atoms with E-state index in [0.717, 1.165) is 0 Å². The van der Waals surface area contributed by atoms with Crippen molar-refractivity contribution in [1.82, 2.24) is 9.97 Å². The summed E-state index contributed by atoms with van der Waals surface area (Å²) in [6.07, 6.45) is 0. The third-order valence-electron chi connectivity index (χ3n) is 2.51. The number of aryl methyl sites for hydroxylation is 1. The number of carbonyl (C=O) groups is 1. The van der Waals surface area contributed by atoms with E-state index in [1.54, 1.807) is 18.2 Å². The largest absolute Gasteiger partial charge is 0.477 e. The van der Waals surface area contributed by atoms with E-state index in [9.17, 15) is 9.59 Å². The number of carboxylic acid groups (broad SMARTS) is 1. The lowest BCUT2D eigenvalue weighted by atomic mass is 10.2. The lowest BCUT2D eigenvalue weighted by Crippen LogP contribution is -2.21. The second-order valence-electron chi connectivity index (χ2n) is 3.78. The number of halogens is 2. The van der Waals surface area contributed by atoms with Crippen LogP contribution in [0.25, 0.3) is 11.4 Å². The third kappa shape index (κ3) is 2.47. The van der Waals surface area contributed by atoms with Gasteiger partial charge in [0.2, 0.25) is 0 Å². The number of nitrogens with one attached hydrogen (secondary N) is 1. The first-order chi connectivity index (χ1) is 8.91. The topological polar surface area (TPSA) is 83.0 Å². The zero-order valence-corrected chi connectivity index (χ0v) is 11.2. The highest BCUT2D eigenvalue weighted by atomic mass is 35.5. The number of aromatic nitrogens is 2. The maximum atomic E-state index is 11.7. The standard InChI is InChI=1S/C12H8Cl2N2O3/c1-5-8(12(18)19)11(17)16-10(15-5)9-6(13)3-2-4-7(9)14/h2-4H,1H3,(H,18,19)(H,15,16,17). The summed E-state index contributed by atoms with van der Waals surface area (Å²) in [5.41, 5.74) is -0.678. The molecular formula is C12H8Cl2N2O3. The summed E-state index contributed by atoms with van der Waals surface area (Å²) in [5.74, 6) is -1.19. The van der Waals surface area contributed by atoms with Crippen LogP contribution in [-0.2, 0) is 0 Å². The zero-order valence-electron chi connectivity index (χ0n) is 9.70. The van der Waals surface area contributed by atoms with Gasteiger partial charge in [0, 0.05) is 0 Å². The summed E-state index contributed by atoms with van der Waals surface area (Å²) in [6, 6.07) is 4.86. The Morgan fingerprint density at radius 1 is 1.32 bits per heavy atom. The van der Waals surface area contributed by atoms with Crippen molar-refractivity contribution in [1.29, 1.82) is 0 Å². The van der Waals surface area contributed by atoms with Crippen LogP contribution in [0.15, 0.2) is 23.0 Å². The summed E-state index contributed by atoms with van der Waals surface area (Å²) in [6.45, 7) is 1.44. The number of nitrogens with zero attached hydrogens (tertiary/aromatic N) is 1. The van der Waals surface area contributed by atoms with Crippen LogP contribution in [-0.4, -0.2) is 21.0 Å². The molecule has 19 heavy (non-hydrogen) atoms. The summed E-state index contributed by atoms with van der Waals surface area (Å²) < 4.78 is 0. The normalized spacial score (nSPS) is 10.5. The second-order valence-corrected chi connectivity index (χ2v) is 4.59. The molecule has 0 amide bonds. The van der Waals surface area contributed by atoms with E-state index in [1.165, 1.54) is 6.92 Å². The molecule has 7 heteroatoms. The molecule has 98 valence electrons. The lowest BCUT2D eigenvalue weighted by molar-refractivity contribution is 0.0693. The molecule has 0 saturated carbocycles. The molecule has 0 saturated heterocycles. The quantitative estimate of drug-likeness (QED) is 0.893. The summed E-state index contributed by atoms with van der Waals surface area (Å²) in [7, 11) is 0. The van der Waals surface area contributed by atoms with Gasteiger partial charge >= 0.3 is 5.97 Å². The summed E-state index contributed by atoms with van der Waals surface area (Å²) >= 11 is 12.0. The van der Waals surface area contributed by atoms with Crippen LogP contribution >= 0.6 is 23.2 Å². The fourth-order valence-electron chi connectivity index (χ4n) is 1.68. The molecule has 0 spiro atoms. The Morgan fingerprint density at radius 2 is 1.89 bits per heavy atom. The van der Waals surface area contributed by atoms with Crippen molar-refractivity contribution in [3.63, 3.8) is 0 Å². The number of aromatic amines is 1. The highest BCUT2D eigenvalue weighted by molar-refractivity contribution is 6.38. The van der Waals surface area contributed by atoms with E-state index in [0.29, 0.717) is 15.6 Å². The van der Waals surface area contributed by atoms with Gasteiger partial charge in [-0.2, -0.15) is 0 Å². The average Bonchev–Trinajstić information content (AvgIpc) is 2.26. The third-order valence-corrected chi connectivity index (χ3v) is 3.14. The lowest BCUT2D eigenvalue weighted by Gasteiger charge is -2.08. The molecule has 0 aliphatic carbocycles. The van der Waals surface area contributed by atoms with Crippen LogP contribution < -0.4 is 5.56 Å². The van der Waals surface area contributed by atoms with Crippen LogP contribution in [0.5, 0.6) is 0 Å². The number of carboxylic acids is 1. The maximum Gasteiger partial charge on any atom is 0.343 e. The molecule has 2 aromatic rings. The Kier molecular flexibility index (Phi) is 3.59. The smallest absolute Gasteiger partial charge is 0.343 e. The molecule has 0 bridgehead atoms. The number of H-pyrrole nitrogens is 1. The molecule has 0 atom stereocenters. The molecule has 0 radical (unpaired) electrons. The minimum absolute atomic E-state index is 0.0993. The number of benzene rings is 1. The molecule has 1 aromatic carbocycles. The van der Waals surface area contributed by atoms with Gasteiger partial charge in [-0.05, 0) is 19.1 Å². The fraction of sp³-hybridized carbons (Fsp3) is 0.0833. The van der Waals surface area contributed by atoms with Crippen molar-refractivity contribution in [2.45, 2.75) is 6.92 Å². The number of hydrogen-bond donors (Lipinski definition) is 2. The Morgan fingerprint density at radius 3 is 2.37 bits per heavy atom. The first kappa shape index (κ1) is 13.6. The summed E-state index contributed by atoms with van der Waals surface area (Å²) in [5, 5.41) is 9.54. The molecule has 0 fully saturated rings. The van der Waals surface area contributed by atoms with E-state index in [4.69, 9.17) is 28.3 Å². The van der Waals surface area contributed by atoms with Crippen LogP contribution in [0.3, 0.4) is 0 Å². The predicted octanol–water partition coefficient (Wildman–Crippen LogP) is 2.75. The monoisotopic (exact) mass is 298 g/mol. The predicted molar refractivity (Wildman–Crippen MR) is 72.0 cm³/mol. The van der Waals surface area contributed by atoms with Crippen LogP contribution in [0.2, 0.25) is 10.0 Å². The molecule has 0 aliphatic rings. The zero-order chi connectivity index (χ0) is 14.2. The highest BCUT2D eigenvalue weighted by Crippen LogP contribution is 2.31. The fourth-order valence-corrected chi connectivity index (χ4v) is 2.26. The first-order valence-electron chi connectivity index (χ1n) is 5.20. The van der Waals surface area contributed by atoms with Crippen LogP contribution in [0.4, 0.5) is 0 Å². The van der Waals surface area contributed by atoms with E-state index in [-0.39, 0.29) is 11.5 Å². The van der Waals surface area contributed by atoms with Crippen molar-refractivity contribution in [2.24, 2.45) is 0 Å². The van der Waals surface area contributed by atoms with E-state index < -0.39 is 17.1 Å².